The summed E-state index contributed by atoms with van der Waals surface area (Å²) in [7, 11) is 3.35. The van der Waals surface area contributed by atoms with Crippen molar-refractivity contribution < 1.29 is 9.59 Å². The highest BCUT2D eigenvalue weighted by Gasteiger charge is 2.09. The summed E-state index contributed by atoms with van der Waals surface area (Å²) in [6.45, 7) is 0.782. The van der Waals surface area contributed by atoms with E-state index in [-0.39, 0.29) is 24.9 Å². The Hall–Kier alpha value is -1.59. The molecule has 0 spiro atoms. The van der Waals surface area contributed by atoms with Gasteiger partial charge >= 0.3 is 0 Å². The van der Waals surface area contributed by atoms with Crippen molar-refractivity contribution in [2.75, 3.05) is 27.2 Å². The van der Waals surface area contributed by atoms with Crippen molar-refractivity contribution in [3.05, 3.63) is 34.9 Å². The molecule has 104 valence electrons. The lowest BCUT2D eigenvalue weighted by Gasteiger charge is -2.16. The van der Waals surface area contributed by atoms with Gasteiger partial charge < -0.3 is 10.6 Å². The standard InChI is InChI=1S/C13H18ClN3O2/c1-15-12(18)7-16-13(19)9-17(2)8-10-5-3-4-6-11(10)14/h3-6H,7-9H2,1-2H3,(H,15,18)(H,16,19). The molecule has 6 heteroatoms. The van der Waals surface area contributed by atoms with Gasteiger partial charge in [0.2, 0.25) is 11.8 Å². The first kappa shape index (κ1) is 15.5. The van der Waals surface area contributed by atoms with Gasteiger partial charge in [-0.05, 0) is 18.7 Å². The van der Waals surface area contributed by atoms with Crippen molar-refractivity contribution in [2.45, 2.75) is 6.54 Å². The van der Waals surface area contributed by atoms with Gasteiger partial charge in [-0.1, -0.05) is 29.8 Å². The molecule has 0 aromatic heterocycles. The smallest absolute Gasteiger partial charge is 0.239 e. The van der Waals surface area contributed by atoms with Crippen LogP contribution in [0.15, 0.2) is 24.3 Å². The summed E-state index contributed by atoms with van der Waals surface area (Å²) in [6, 6.07) is 7.50. The fraction of sp³-hybridized carbons (Fsp3) is 0.385. The van der Waals surface area contributed by atoms with Crippen LogP contribution in [0.2, 0.25) is 5.02 Å². The van der Waals surface area contributed by atoms with Crippen LogP contribution in [-0.4, -0.2) is 43.9 Å². The molecular formula is C13H18ClN3O2. The molecule has 0 heterocycles. The number of carbonyl (C=O) groups excluding carboxylic acids is 2. The first-order valence-corrected chi connectivity index (χ1v) is 6.30. The quantitative estimate of drug-likeness (QED) is 0.805. The molecule has 0 atom stereocenters. The van der Waals surface area contributed by atoms with Crippen molar-refractivity contribution in [1.29, 1.82) is 0 Å². The van der Waals surface area contributed by atoms with Crippen LogP contribution in [0.25, 0.3) is 0 Å². The number of amides is 2. The summed E-state index contributed by atoms with van der Waals surface area (Å²) in [5, 5.41) is 5.66. The number of carbonyl (C=O) groups is 2. The summed E-state index contributed by atoms with van der Waals surface area (Å²) in [6.07, 6.45) is 0. The van der Waals surface area contributed by atoms with E-state index < -0.39 is 0 Å². The Morgan fingerprint density at radius 2 is 1.95 bits per heavy atom. The molecule has 19 heavy (non-hydrogen) atoms. The third-order valence-corrected chi connectivity index (χ3v) is 2.91. The second-order valence-corrected chi connectivity index (χ2v) is 4.62. The molecule has 1 rings (SSSR count). The van der Waals surface area contributed by atoms with Gasteiger partial charge in [0.25, 0.3) is 0 Å². The monoisotopic (exact) mass is 283 g/mol. The average molecular weight is 284 g/mol. The number of likely N-dealkylation sites (N-methyl/N-ethyl adjacent to an activating group) is 2. The van der Waals surface area contributed by atoms with E-state index in [9.17, 15) is 9.59 Å². The van der Waals surface area contributed by atoms with Crippen LogP contribution in [0, 0.1) is 0 Å². The molecule has 2 N–H and O–H groups in total. The number of halogens is 1. The van der Waals surface area contributed by atoms with Crippen LogP contribution in [0.4, 0.5) is 0 Å². The van der Waals surface area contributed by atoms with E-state index in [2.05, 4.69) is 10.6 Å². The summed E-state index contributed by atoms with van der Waals surface area (Å²) < 4.78 is 0. The Balaban J connectivity index is 2.39. The Bertz CT molecular complexity index is 451. The number of hydrogen-bond donors (Lipinski definition) is 2. The highest BCUT2D eigenvalue weighted by atomic mass is 35.5. The topological polar surface area (TPSA) is 61.4 Å². The maximum Gasteiger partial charge on any atom is 0.239 e. The normalized spacial score (nSPS) is 10.3. The van der Waals surface area contributed by atoms with Gasteiger partial charge in [-0.25, -0.2) is 0 Å². The zero-order valence-electron chi connectivity index (χ0n) is 11.1. The molecule has 5 nitrogen and oxygen atoms in total. The van der Waals surface area contributed by atoms with E-state index in [0.717, 1.165) is 5.56 Å². The second kappa shape index (κ2) is 7.76. The minimum atomic E-state index is -0.220. The van der Waals surface area contributed by atoms with Crippen molar-refractivity contribution in [1.82, 2.24) is 15.5 Å². The molecule has 0 aliphatic rings. The number of nitrogens with zero attached hydrogens (tertiary/aromatic N) is 1. The van der Waals surface area contributed by atoms with Gasteiger partial charge in [-0.2, -0.15) is 0 Å². The lowest BCUT2D eigenvalue weighted by molar-refractivity contribution is -0.126. The maximum absolute atomic E-state index is 11.6. The van der Waals surface area contributed by atoms with Gasteiger partial charge in [0.05, 0.1) is 13.1 Å². The van der Waals surface area contributed by atoms with Gasteiger partial charge in [-0.15, -0.1) is 0 Å². The van der Waals surface area contributed by atoms with E-state index in [0.29, 0.717) is 11.6 Å². The maximum atomic E-state index is 11.6. The molecular weight excluding hydrogens is 266 g/mol. The zero-order chi connectivity index (χ0) is 14.3. The number of benzene rings is 1. The minimum absolute atomic E-state index is 0.00470. The van der Waals surface area contributed by atoms with Crippen LogP contribution in [0.5, 0.6) is 0 Å². The second-order valence-electron chi connectivity index (χ2n) is 4.21. The molecule has 0 bridgehead atoms. The van der Waals surface area contributed by atoms with Crippen LogP contribution in [0.1, 0.15) is 5.56 Å². The minimum Gasteiger partial charge on any atom is -0.358 e. The number of nitrogens with one attached hydrogen (secondary N) is 2. The Morgan fingerprint density at radius 3 is 2.58 bits per heavy atom. The van der Waals surface area contributed by atoms with Crippen molar-refractivity contribution >= 4 is 23.4 Å². The number of rotatable bonds is 6. The van der Waals surface area contributed by atoms with Crippen LogP contribution in [0.3, 0.4) is 0 Å². The first-order valence-electron chi connectivity index (χ1n) is 5.92. The molecule has 0 fully saturated rings. The highest BCUT2D eigenvalue weighted by molar-refractivity contribution is 6.31. The molecule has 1 aromatic carbocycles. The molecule has 0 unspecified atom stereocenters. The van der Waals surface area contributed by atoms with Gasteiger partial charge in [0.1, 0.15) is 0 Å². The van der Waals surface area contributed by atoms with E-state index >= 15 is 0 Å². The molecule has 1 aromatic rings. The lowest BCUT2D eigenvalue weighted by Crippen LogP contribution is -2.40. The summed E-state index contributed by atoms with van der Waals surface area (Å²) in [4.78, 5) is 24.4. The Morgan fingerprint density at radius 1 is 1.26 bits per heavy atom. The van der Waals surface area contributed by atoms with Crippen LogP contribution < -0.4 is 10.6 Å². The fourth-order valence-electron chi connectivity index (χ4n) is 1.54. The lowest BCUT2D eigenvalue weighted by atomic mass is 10.2. The largest absolute Gasteiger partial charge is 0.358 e. The SMILES string of the molecule is CNC(=O)CNC(=O)CN(C)Cc1ccccc1Cl. The Labute approximate surface area is 117 Å². The van der Waals surface area contributed by atoms with Crippen molar-refractivity contribution in [2.24, 2.45) is 0 Å². The Kier molecular flexibility index (Phi) is 6.32. The highest BCUT2D eigenvalue weighted by Crippen LogP contribution is 2.16. The fourth-order valence-corrected chi connectivity index (χ4v) is 1.74. The van der Waals surface area contributed by atoms with Crippen LogP contribution in [-0.2, 0) is 16.1 Å². The van der Waals surface area contributed by atoms with Crippen molar-refractivity contribution in [3.8, 4) is 0 Å². The number of hydrogen-bond acceptors (Lipinski definition) is 3. The van der Waals surface area contributed by atoms with E-state index in [1.165, 1.54) is 7.05 Å². The van der Waals surface area contributed by atoms with E-state index in [4.69, 9.17) is 11.6 Å². The molecule has 2 amide bonds. The first-order chi connectivity index (χ1) is 9.02. The van der Waals surface area contributed by atoms with Gasteiger partial charge in [0.15, 0.2) is 0 Å². The predicted molar refractivity (Wildman–Crippen MR) is 74.9 cm³/mol. The zero-order valence-corrected chi connectivity index (χ0v) is 11.8. The summed E-state index contributed by atoms with van der Waals surface area (Å²) in [5.41, 5.74) is 0.964. The predicted octanol–water partition coefficient (Wildman–Crippen LogP) is 0.634. The van der Waals surface area contributed by atoms with E-state index in [1.807, 2.05) is 36.2 Å². The third-order valence-electron chi connectivity index (χ3n) is 2.54. The van der Waals surface area contributed by atoms with Crippen molar-refractivity contribution in [3.63, 3.8) is 0 Å². The molecule has 0 aliphatic heterocycles. The molecule has 0 saturated carbocycles. The van der Waals surface area contributed by atoms with E-state index in [1.54, 1.807) is 0 Å². The van der Waals surface area contributed by atoms with Gasteiger partial charge in [0, 0.05) is 18.6 Å². The summed E-state index contributed by atoms with van der Waals surface area (Å²) in [5.74, 6) is -0.416. The molecule has 0 saturated heterocycles. The summed E-state index contributed by atoms with van der Waals surface area (Å²) >= 11 is 6.05. The van der Waals surface area contributed by atoms with Crippen LogP contribution >= 0.6 is 11.6 Å². The molecule has 0 aliphatic carbocycles. The third kappa shape index (κ3) is 5.72. The average Bonchev–Trinajstić information content (AvgIpc) is 2.38. The van der Waals surface area contributed by atoms with Gasteiger partial charge in [-0.3, -0.25) is 14.5 Å². The molecule has 0 radical (unpaired) electrons.